The molecule has 7 nitrogen and oxygen atoms in total. The first-order valence-corrected chi connectivity index (χ1v) is 9.31. The first-order chi connectivity index (χ1) is 12.6. The fraction of sp³-hybridized carbons (Fsp3) is 0.667. The number of hydrogen-bond acceptors (Lipinski definition) is 6. The van der Waals surface area contributed by atoms with E-state index in [4.69, 9.17) is 5.11 Å². The highest BCUT2D eigenvalue weighted by molar-refractivity contribution is 5.52. The number of aliphatic hydroxyl groups excluding tert-OH is 1. The van der Waals surface area contributed by atoms with E-state index in [2.05, 4.69) is 9.80 Å². The van der Waals surface area contributed by atoms with E-state index in [1.165, 1.54) is 12.1 Å². The van der Waals surface area contributed by atoms with E-state index in [1.807, 2.05) is 4.90 Å². The van der Waals surface area contributed by atoms with Crippen molar-refractivity contribution in [3.63, 3.8) is 0 Å². The quantitative estimate of drug-likeness (QED) is 0.608. The molecule has 1 aromatic rings. The fourth-order valence-electron chi connectivity index (χ4n) is 3.94. The smallest absolute Gasteiger partial charge is 0.272 e. The zero-order chi connectivity index (χ0) is 18.5. The molecule has 2 heterocycles. The summed E-state index contributed by atoms with van der Waals surface area (Å²) in [5.74, 6) is 0.163. The van der Waals surface area contributed by atoms with Gasteiger partial charge in [0.1, 0.15) is 0 Å². The molecule has 2 saturated heterocycles. The highest BCUT2D eigenvalue weighted by Gasteiger charge is 2.25. The molecule has 0 bridgehead atoms. The molecule has 26 heavy (non-hydrogen) atoms. The Morgan fingerprint density at radius 3 is 2.38 bits per heavy atom. The number of β-amino-alcohol motifs (C(OH)–C–C–N with tert-alkyl or cyclic N) is 1. The number of nitro benzene ring substituents is 1. The maximum absolute atomic E-state index is 14.2. The molecule has 0 aromatic heterocycles. The maximum Gasteiger partial charge on any atom is 0.272 e. The standard InChI is InChI=1S/C18H27FN4O3/c19-17-13-16(23(25)26)1-2-18(17)22-9-7-21(8-10-22)14-15-3-5-20(6-4-15)11-12-24/h1-2,13,15,24H,3-12,14H2. The highest BCUT2D eigenvalue weighted by Crippen LogP contribution is 2.26. The topological polar surface area (TPSA) is 73.1 Å². The van der Waals surface area contributed by atoms with Crippen molar-refractivity contribution in [2.75, 3.05) is 63.9 Å². The molecule has 3 rings (SSSR count). The lowest BCUT2D eigenvalue weighted by Crippen LogP contribution is -2.49. The van der Waals surface area contributed by atoms with Crippen LogP contribution < -0.4 is 4.90 Å². The second kappa shape index (κ2) is 8.75. The van der Waals surface area contributed by atoms with Crippen LogP contribution >= 0.6 is 0 Å². The van der Waals surface area contributed by atoms with Crippen molar-refractivity contribution in [1.82, 2.24) is 9.80 Å². The van der Waals surface area contributed by atoms with Gasteiger partial charge in [0.2, 0.25) is 0 Å². The Labute approximate surface area is 153 Å². The van der Waals surface area contributed by atoms with Crippen LogP contribution in [0, 0.1) is 21.8 Å². The number of piperidine rings is 1. The van der Waals surface area contributed by atoms with Gasteiger partial charge in [0, 0.05) is 45.3 Å². The number of halogens is 1. The molecule has 0 atom stereocenters. The summed E-state index contributed by atoms with van der Waals surface area (Å²) < 4.78 is 14.2. The number of non-ortho nitro benzene ring substituents is 1. The van der Waals surface area contributed by atoms with Gasteiger partial charge in [-0.1, -0.05) is 0 Å². The van der Waals surface area contributed by atoms with Gasteiger partial charge in [0.05, 0.1) is 23.3 Å². The van der Waals surface area contributed by atoms with Crippen molar-refractivity contribution in [1.29, 1.82) is 0 Å². The Balaban J connectivity index is 1.47. The van der Waals surface area contributed by atoms with E-state index >= 15 is 0 Å². The summed E-state index contributed by atoms with van der Waals surface area (Å²) in [5, 5.41) is 19.7. The van der Waals surface area contributed by atoms with Gasteiger partial charge < -0.3 is 14.9 Å². The second-order valence-corrected chi connectivity index (χ2v) is 7.19. The zero-order valence-corrected chi connectivity index (χ0v) is 15.0. The summed E-state index contributed by atoms with van der Waals surface area (Å²) >= 11 is 0. The molecule has 2 aliphatic heterocycles. The van der Waals surface area contributed by atoms with E-state index in [9.17, 15) is 14.5 Å². The molecule has 2 aliphatic rings. The van der Waals surface area contributed by atoms with Gasteiger partial charge in [-0.3, -0.25) is 15.0 Å². The third-order valence-corrected chi connectivity index (χ3v) is 5.49. The van der Waals surface area contributed by atoms with Gasteiger partial charge in [-0.05, 0) is 37.9 Å². The van der Waals surface area contributed by atoms with Gasteiger partial charge in [-0.25, -0.2) is 4.39 Å². The van der Waals surface area contributed by atoms with Gasteiger partial charge in [-0.15, -0.1) is 0 Å². The molecule has 8 heteroatoms. The molecule has 1 aromatic carbocycles. The summed E-state index contributed by atoms with van der Waals surface area (Å²) in [6.07, 6.45) is 2.33. The van der Waals surface area contributed by atoms with E-state index in [0.717, 1.165) is 71.3 Å². The normalized spacial score (nSPS) is 20.5. The first-order valence-electron chi connectivity index (χ1n) is 9.31. The van der Waals surface area contributed by atoms with Crippen LogP contribution in [0.3, 0.4) is 0 Å². The van der Waals surface area contributed by atoms with Crippen LogP contribution in [0.2, 0.25) is 0 Å². The molecule has 0 aliphatic carbocycles. The van der Waals surface area contributed by atoms with E-state index in [0.29, 0.717) is 11.6 Å². The number of aliphatic hydroxyl groups is 1. The van der Waals surface area contributed by atoms with Crippen LogP contribution in [-0.4, -0.2) is 78.8 Å². The van der Waals surface area contributed by atoms with Crippen molar-refractivity contribution >= 4 is 11.4 Å². The first kappa shape index (κ1) is 19.0. The van der Waals surface area contributed by atoms with Crippen molar-refractivity contribution in [2.24, 2.45) is 5.92 Å². The van der Waals surface area contributed by atoms with Crippen molar-refractivity contribution in [2.45, 2.75) is 12.8 Å². The van der Waals surface area contributed by atoms with Crippen LogP contribution in [-0.2, 0) is 0 Å². The average molecular weight is 366 g/mol. The Morgan fingerprint density at radius 1 is 1.12 bits per heavy atom. The molecule has 0 amide bonds. The van der Waals surface area contributed by atoms with Gasteiger partial charge in [0.15, 0.2) is 5.82 Å². The number of nitrogens with zero attached hydrogens (tertiary/aromatic N) is 4. The largest absolute Gasteiger partial charge is 0.395 e. The number of anilines is 1. The minimum absolute atomic E-state index is 0.211. The van der Waals surface area contributed by atoms with E-state index in [-0.39, 0.29) is 12.3 Å². The van der Waals surface area contributed by atoms with Gasteiger partial charge >= 0.3 is 0 Å². The number of nitro groups is 1. The summed E-state index contributed by atoms with van der Waals surface area (Å²) in [5.41, 5.74) is 0.241. The third-order valence-electron chi connectivity index (χ3n) is 5.49. The van der Waals surface area contributed by atoms with Crippen LogP contribution in [0.5, 0.6) is 0 Å². The Morgan fingerprint density at radius 2 is 1.81 bits per heavy atom. The van der Waals surface area contributed by atoms with E-state index < -0.39 is 10.7 Å². The molecular weight excluding hydrogens is 339 g/mol. The fourth-order valence-corrected chi connectivity index (χ4v) is 3.94. The van der Waals surface area contributed by atoms with Crippen molar-refractivity contribution in [3.8, 4) is 0 Å². The lowest BCUT2D eigenvalue weighted by Gasteiger charge is -2.39. The van der Waals surface area contributed by atoms with Crippen LogP contribution in [0.1, 0.15) is 12.8 Å². The summed E-state index contributed by atoms with van der Waals surface area (Å²) in [6, 6.07) is 3.88. The second-order valence-electron chi connectivity index (χ2n) is 7.19. The molecule has 0 saturated carbocycles. The molecule has 0 radical (unpaired) electrons. The predicted octanol–water partition coefficient (Wildman–Crippen LogP) is 1.56. The average Bonchev–Trinajstić information content (AvgIpc) is 2.64. The van der Waals surface area contributed by atoms with E-state index in [1.54, 1.807) is 0 Å². The zero-order valence-electron chi connectivity index (χ0n) is 15.0. The molecule has 0 spiro atoms. The number of hydrogen-bond donors (Lipinski definition) is 1. The minimum Gasteiger partial charge on any atom is -0.395 e. The minimum atomic E-state index is -0.573. The van der Waals surface area contributed by atoms with Gasteiger partial charge in [0.25, 0.3) is 5.69 Å². The summed E-state index contributed by atoms with van der Waals surface area (Å²) in [7, 11) is 0. The molecule has 144 valence electrons. The van der Waals surface area contributed by atoms with Crippen LogP contribution in [0.4, 0.5) is 15.8 Å². The van der Waals surface area contributed by atoms with Crippen molar-refractivity contribution in [3.05, 3.63) is 34.1 Å². The molecule has 0 unspecified atom stereocenters. The monoisotopic (exact) mass is 366 g/mol. The maximum atomic E-state index is 14.2. The van der Waals surface area contributed by atoms with Crippen molar-refractivity contribution < 1.29 is 14.4 Å². The van der Waals surface area contributed by atoms with Crippen LogP contribution in [0.25, 0.3) is 0 Å². The predicted molar refractivity (Wildman–Crippen MR) is 98.0 cm³/mol. The highest BCUT2D eigenvalue weighted by atomic mass is 19.1. The SMILES string of the molecule is O=[N+]([O-])c1ccc(N2CCN(CC3CCN(CCO)CC3)CC2)c(F)c1. The number of piperazine rings is 1. The molecular formula is C18H27FN4O3. The summed E-state index contributed by atoms with van der Waals surface area (Å²) in [4.78, 5) is 16.9. The number of likely N-dealkylation sites (tertiary alicyclic amines) is 1. The molecule has 2 fully saturated rings. The molecule has 1 N–H and O–H groups in total. The lowest BCUT2D eigenvalue weighted by molar-refractivity contribution is -0.385. The number of rotatable bonds is 6. The number of benzene rings is 1. The Hall–Kier alpha value is -1.77. The van der Waals surface area contributed by atoms with Crippen LogP contribution in [0.15, 0.2) is 18.2 Å². The Kier molecular flexibility index (Phi) is 6.39. The summed E-state index contributed by atoms with van der Waals surface area (Å²) in [6.45, 7) is 7.41. The lowest BCUT2D eigenvalue weighted by atomic mass is 9.96. The Bertz CT molecular complexity index is 614. The van der Waals surface area contributed by atoms with Gasteiger partial charge in [-0.2, -0.15) is 0 Å². The third kappa shape index (κ3) is 4.69.